The Labute approximate surface area is 155 Å². The minimum absolute atomic E-state index is 0.0212. The van der Waals surface area contributed by atoms with Crippen LogP contribution in [-0.4, -0.2) is 42.4 Å². The first kappa shape index (κ1) is 18.4. The lowest BCUT2D eigenvalue weighted by Crippen LogP contribution is -2.47. The minimum atomic E-state index is -0.430. The van der Waals surface area contributed by atoms with Gasteiger partial charge in [-0.1, -0.05) is 18.2 Å². The first-order valence-corrected chi connectivity index (χ1v) is 9.28. The molecule has 2 N–H and O–H groups in total. The molecule has 1 saturated heterocycles. The number of nitrogens with two attached hydrogens (primary N) is 1. The second-order valence-electron chi connectivity index (χ2n) is 7.37. The number of primary amides is 1. The number of carbonyl (C=O) groups excluding carboxylic acids is 2. The number of benzene rings is 1. The average Bonchev–Trinajstić information content (AvgIpc) is 2.87. The molecule has 0 aromatic heterocycles. The summed E-state index contributed by atoms with van der Waals surface area (Å²) < 4.78 is 0. The van der Waals surface area contributed by atoms with Crippen molar-refractivity contribution in [2.24, 2.45) is 5.73 Å². The summed E-state index contributed by atoms with van der Waals surface area (Å²) in [5.74, 6) is -0.837. The van der Waals surface area contributed by atoms with Crippen molar-refractivity contribution in [2.75, 3.05) is 24.5 Å². The van der Waals surface area contributed by atoms with Crippen LogP contribution in [0.5, 0.6) is 0 Å². The molecule has 2 heterocycles. The monoisotopic (exact) mass is 353 g/mol. The molecule has 0 saturated carbocycles. The molecule has 1 fully saturated rings. The van der Waals surface area contributed by atoms with Gasteiger partial charge in [0.15, 0.2) is 0 Å². The van der Waals surface area contributed by atoms with Gasteiger partial charge in [0.25, 0.3) is 0 Å². The van der Waals surface area contributed by atoms with E-state index in [1.165, 1.54) is 5.57 Å². The van der Waals surface area contributed by atoms with Gasteiger partial charge in [0.05, 0.1) is 5.92 Å². The number of anilines is 1. The van der Waals surface area contributed by atoms with Gasteiger partial charge in [-0.25, -0.2) is 0 Å². The van der Waals surface area contributed by atoms with Crippen LogP contribution in [-0.2, 0) is 9.59 Å². The Morgan fingerprint density at radius 2 is 1.96 bits per heavy atom. The summed E-state index contributed by atoms with van der Waals surface area (Å²) in [6.07, 6.45) is 4.03. The summed E-state index contributed by atoms with van der Waals surface area (Å²) in [7, 11) is 0. The van der Waals surface area contributed by atoms with Crippen molar-refractivity contribution in [1.29, 1.82) is 0 Å². The van der Waals surface area contributed by atoms with Crippen LogP contribution in [0.25, 0.3) is 0 Å². The van der Waals surface area contributed by atoms with Crippen molar-refractivity contribution in [3.63, 3.8) is 0 Å². The maximum atomic E-state index is 13.0. The second-order valence-corrected chi connectivity index (χ2v) is 7.37. The van der Waals surface area contributed by atoms with E-state index in [0.29, 0.717) is 0 Å². The largest absolute Gasteiger partial charge is 0.370 e. The normalized spacial score (nSPS) is 20.6. The Hall–Kier alpha value is -2.36. The Morgan fingerprint density at radius 3 is 2.62 bits per heavy atom. The Bertz CT molecular complexity index is 752. The Morgan fingerprint density at radius 1 is 1.27 bits per heavy atom. The molecule has 0 bridgehead atoms. The van der Waals surface area contributed by atoms with Crippen molar-refractivity contribution in [2.45, 2.75) is 45.1 Å². The highest BCUT2D eigenvalue weighted by Gasteiger charge is 2.41. The highest BCUT2D eigenvalue weighted by Crippen LogP contribution is 2.41. The third kappa shape index (κ3) is 3.90. The van der Waals surface area contributed by atoms with Crippen molar-refractivity contribution in [3.8, 4) is 0 Å². The number of piperidine rings is 1. The van der Waals surface area contributed by atoms with Gasteiger partial charge < -0.3 is 10.6 Å². The smallest absolute Gasteiger partial charge is 0.235 e. The number of likely N-dealkylation sites (tertiary alicyclic amines) is 1. The van der Waals surface area contributed by atoms with Crippen LogP contribution in [0.1, 0.15) is 44.6 Å². The number of carbonyl (C=O) groups is 2. The predicted octanol–water partition coefficient (Wildman–Crippen LogP) is 2.58. The van der Waals surface area contributed by atoms with Gasteiger partial charge >= 0.3 is 0 Å². The molecular weight excluding hydrogens is 326 g/mol. The molecular formula is C21H27N3O2. The topological polar surface area (TPSA) is 66.6 Å². The third-order valence-electron chi connectivity index (χ3n) is 5.18. The molecule has 0 spiro atoms. The number of rotatable bonds is 5. The highest BCUT2D eigenvalue weighted by molar-refractivity contribution is 6.07. The van der Waals surface area contributed by atoms with Crippen LogP contribution in [0.15, 0.2) is 41.6 Å². The number of amides is 2. The first-order valence-electron chi connectivity index (χ1n) is 9.28. The van der Waals surface area contributed by atoms with Crippen LogP contribution in [0, 0.1) is 0 Å². The predicted molar refractivity (Wildman–Crippen MR) is 103 cm³/mol. The van der Waals surface area contributed by atoms with E-state index >= 15 is 0 Å². The maximum Gasteiger partial charge on any atom is 0.235 e. The lowest BCUT2D eigenvalue weighted by atomic mass is 9.97. The summed E-state index contributed by atoms with van der Waals surface area (Å²) in [6.45, 7) is 6.89. The van der Waals surface area contributed by atoms with Crippen LogP contribution in [0.2, 0.25) is 0 Å². The number of hydrogen-bond donors (Lipinski definition) is 1. The molecule has 0 radical (unpaired) electrons. The molecule has 3 rings (SSSR count). The van der Waals surface area contributed by atoms with Gasteiger partial charge in [-0.05, 0) is 50.0 Å². The van der Waals surface area contributed by atoms with Crippen molar-refractivity contribution in [3.05, 3.63) is 47.2 Å². The maximum absolute atomic E-state index is 13.0. The van der Waals surface area contributed by atoms with Crippen molar-refractivity contribution >= 4 is 17.5 Å². The zero-order valence-corrected chi connectivity index (χ0v) is 15.6. The lowest BCUT2D eigenvalue weighted by Gasteiger charge is -2.36. The van der Waals surface area contributed by atoms with Gasteiger partial charge in [0, 0.05) is 37.8 Å². The first-order chi connectivity index (χ1) is 12.5. The third-order valence-corrected chi connectivity index (χ3v) is 5.18. The fourth-order valence-corrected chi connectivity index (χ4v) is 3.94. The Kier molecular flexibility index (Phi) is 5.60. The summed E-state index contributed by atoms with van der Waals surface area (Å²) in [6, 6.07) is 7.98. The zero-order chi connectivity index (χ0) is 18.7. The highest BCUT2D eigenvalue weighted by atomic mass is 16.2. The van der Waals surface area contributed by atoms with Crippen LogP contribution in [0.4, 0.5) is 5.69 Å². The zero-order valence-electron chi connectivity index (χ0n) is 15.6. The van der Waals surface area contributed by atoms with Crippen molar-refractivity contribution in [1.82, 2.24) is 4.90 Å². The summed E-state index contributed by atoms with van der Waals surface area (Å²) in [4.78, 5) is 28.7. The molecule has 2 amide bonds. The number of fused-ring (bicyclic) bond motifs is 1. The summed E-state index contributed by atoms with van der Waals surface area (Å²) in [5.41, 5.74) is 11.7. The Balaban J connectivity index is 1.71. The van der Waals surface area contributed by atoms with Gasteiger partial charge in [0.1, 0.15) is 0 Å². The minimum Gasteiger partial charge on any atom is -0.370 e. The molecule has 5 heteroatoms. The molecule has 2 aliphatic rings. The van der Waals surface area contributed by atoms with Gasteiger partial charge in [0.2, 0.25) is 11.8 Å². The lowest BCUT2D eigenvalue weighted by molar-refractivity contribution is -0.124. The van der Waals surface area contributed by atoms with E-state index in [2.05, 4.69) is 16.7 Å². The van der Waals surface area contributed by atoms with E-state index in [1.54, 1.807) is 0 Å². The fourth-order valence-electron chi connectivity index (χ4n) is 3.94. The number of nitrogens with zero attached hydrogens (tertiary/aromatic N) is 2. The van der Waals surface area contributed by atoms with Gasteiger partial charge in [-0.2, -0.15) is 0 Å². The fraction of sp³-hybridized carbons (Fsp3) is 0.476. The number of hydrogen-bond acceptors (Lipinski definition) is 3. The number of para-hydroxylation sites is 1. The van der Waals surface area contributed by atoms with Crippen molar-refractivity contribution < 1.29 is 9.59 Å². The quantitative estimate of drug-likeness (QED) is 0.828. The molecule has 1 unspecified atom stereocenters. The molecule has 1 aromatic rings. The molecule has 5 nitrogen and oxygen atoms in total. The van der Waals surface area contributed by atoms with Crippen LogP contribution >= 0.6 is 0 Å². The molecule has 1 atom stereocenters. The van der Waals surface area contributed by atoms with Gasteiger partial charge in [-0.3, -0.25) is 14.5 Å². The molecule has 26 heavy (non-hydrogen) atoms. The van der Waals surface area contributed by atoms with E-state index in [9.17, 15) is 9.59 Å². The van der Waals surface area contributed by atoms with Crippen LogP contribution in [0.3, 0.4) is 0 Å². The molecule has 0 aliphatic carbocycles. The second kappa shape index (κ2) is 7.90. The van der Waals surface area contributed by atoms with Crippen LogP contribution < -0.4 is 10.6 Å². The van der Waals surface area contributed by atoms with Gasteiger partial charge in [-0.15, -0.1) is 5.73 Å². The standard InChI is InChI=1S/C21H27N3O2/c1-15(2)6-5-11-23-12-9-16(10-13-23)24-19-8-4-3-7-17(19)18(21(24)26)14-20(22)25/h3-5,7-8,16,18H,9-14H2,1-2H3,(H2,22,25). The molecule has 1 aromatic carbocycles. The summed E-state index contributed by atoms with van der Waals surface area (Å²) in [5, 5.41) is 0. The summed E-state index contributed by atoms with van der Waals surface area (Å²) >= 11 is 0. The van der Waals surface area contributed by atoms with E-state index in [1.807, 2.05) is 43.0 Å². The average molecular weight is 353 g/mol. The van der Waals surface area contributed by atoms with E-state index in [-0.39, 0.29) is 18.4 Å². The van der Waals surface area contributed by atoms with E-state index < -0.39 is 11.8 Å². The van der Waals surface area contributed by atoms with E-state index in [0.717, 1.165) is 43.7 Å². The molecule has 2 aliphatic heterocycles. The van der Waals surface area contributed by atoms with E-state index in [4.69, 9.17) is 5.73 Å². The molecule has 138 valence electrons. The SMILES string of the molecule is CC(C)=C=CCN1CCC(N2C(=O)C(CC(N)=O)c3ccccc32)CC1.